The molecule has 0 saturated carbocycles. The normalized spacial score (nSPS) is 10.6. The SMILES string of the molecule is C#Cc1cnc(OC)c(NS(=O)(=O)c2cccc(C(=O)O)c2)c1. The fraction of sp³-hybridized carbons (Fsp3) is 0.0667. The van der Waals surface area contributed by atoms with E-state index in [2.05, 4.69) is 15.6 Å². The Hall–Kier alpha value is -3.05. The number of nitrogens with one attached hydrogen (secondary N) is 1. The Kier molecular flexibility index (Phi) is 4.52. The molecule has 0 aliphatic heterocycles. The molecule has 0 aliphatic carbocycles. The third-order valence-corrected chi connectivity index (χ3v) is 4.21. The maximum Gasteiger partial charge on any atom is 0.335 e. The largest absolute Gasteiger partial charge is 0.479 e. The van der Waals surface area contributed by atoms with Gasteiger partial charge in [0.25, 0.3) is 10.0 Å². The summed E-state index contributed by atoms with van der Waals surface area (Å²) in [7, 11) is -2.69. The number of terminal acetylenes is 1. The van der Waals surface area contributed by atoms with E-state index >= 15 is 0 Å². The summed E-state index contributed by atoms with van der Waals surface area (Å²) in [4.78, 5) is 14.7. The minimum absolute atomic E-state index is 0.0435. The third-order valence-electron chi connectivity index (χ3n) is 2.85. The Labute approximate surface area is 133 Å². The van der Waals surface area contributed by atoms with E-state index in [0.717, 1.165) is 6.07 Å². The number of carboxylic acid groups (broad SMARTS) is 1. The zero-order valence-corrected chi connectivity index (χ0v) is 12.8. The van der Waals surface area contributed by atoms with Crippen molar-refractivity contribution in [1.82, 2.24) is 4.98 Å². The topological polar surface area (TPSA) is 106 Å². The van der Waals surface area contributed by atoms with Gasteiger partial charge in [0, 0.05) is 11.8 Å². The maximum atomic E-state index is 12.4. The number of aromatic nitrogens is 1. The average Bonchev–Trinajstić information content (AvgIpc) is 2.54. The van der Waals surface area contributed by atoms with Crippen LogP contribution in [0.2, 0.25) is 0 Å². The lowest BCUT2D eigenvalue weighted by Crippen LogP contribution is -2.15. The number of methoxy groups -OCH3 is 1. The van der Waals surface area contributed by atoms with Crippen LogP contribution < -0.4 is 9.46 Å². The molecule has 0 fully saturated rings. The highest BCUT2D eigenvalue weighted by Gasteiger charge is 2.19. The lowest BCUT2D eigenvalue weighted by atomic mass is 10.2. The van der Waals surface area contributed by atoms with Gasteiger partial charge in [-0.15, -0.1) is 6.42 Å². The van der Waals surface area contributed by atoms with Crippen molar-refractivity contribution in [2.75, 3.05) is 11.8 Å². The molecule has 1 aromatic heterocycles. The van der Waals surface area contributed by atoms with Gasteiger partial charge >= 0.3 is 5.97 Å². The fourth-order valence-electron chi connectivity index (χ4n) is 1.77. The Balaban J connectivity index is 2.45. The molecule has 0 bridgehead atoms. The van der Waals surface area contributed by atoms with Crippen LogP contribution in [0.3, 0.4) is 0 Å². The fourth-order valence-corrected chi connectivity index (χ4v) is 2.86. The second-order valence-electron chi connectivity index (χ2n) is 4.36. The molecule has 0 saturated heterocycles. The molecule has 23 heavy (non-hydrogen) atoms. The number of ether oxygens (including phenoxy) is 1. The van der Waals surface area contributed by atoms with Gasteiger partial charge in [0.05, 0.1) is 17.6 Å². The number of hydrogen-bond donors (Lipinski definition) is 2. The molecule has 1 aromatic carbocycles. The van der Waals surface area contributed by atoms with Crippen LogP contribution in [0.5, 0.6) is 5.88 Å². The lowest BCUT2D eigenvalue weighted by molar-refractivity contribution is 0.0696. The third kappa shape index (κ3) is 3.59. The second-order valence-corrected chi connectivity index (χ2v) is 6.05. The number of anilines is 1. The maximum absolute atomic E-state index is 12.4. The van der Waals surface area contributed by atoms with Gasteiger partial charge in [-0.2, -0.15) is 0 Å². The van der Waals surface area contributed by atoms with Crippen molar-refractivity contribution < 1.29 is 23.1 Å². The van der Waals surface area contributed by atoms with Gasteiger partial charge < -0.3 is 9.84 Å². The number of hydrogen-bond acceptors (Lipinski definition) is 5. The van der Waals surface area contributed by atoms with Gasteiger partial charge in [0.2, 0.25) is 5.88 Å². The first-order valence-electron chi connectivity index (χ1n) is 6.24. The molecule has 118 valence electrons. The highest BCUT2D eigenvalue weighted by molar-refractivity contribution is 7.92. The molecule has 0 radical (unpaired) electrons. The van der Waals surface area contributed by atoms with Crippen molar-refractivity contribution in [1.29, 1.82) is 0 Å². The summed E-state index contributed by atoms with van der Waals surface area (Å²) < 4.78 is 32.1. The quantitative estimate of drug-likeness (QED) is 0.805. The molecule has 1 heterocycles. The summed E-state index contributed by atoms with van der Waals surface area (Å²) in [6, 6.07) is 6.35. The Bertz CT molecular complexity index is 900. The highest BCUT2D eigenvalue weighted by Crippen LogP contribution is 2.25. The van der Waals surface area contributed by atoms with Gasteiger partial charge in [0.1, 0.15) is 5.69 Å². The summed E-state index contributed by atoms with van der Waals surface area (Å²) >= 11 is 0. The van der Waals surface area contributed by atoms with Crippen molar-refractivity contribution >= 4 is 21.7 Å². The van der Waals surface area contributed by atoms with Crippen molar-refractivity contribution in [2.45, 2.75) is 4.90 Å². The minimum Gasteiger partial charge on any atom is -0.479 e. The molecule has 2 aromatic rings. The first kappa shape index (κ1) is 16.3. The molecule has 2 rings (SSSR count). The molecule has 0 unspecified atom stereocenters. The number of sulfonamides is 1. The minimum atomic E-state index is -4.03. The van der Waals surface area contributed by atoms with Crippen molar-refractivity contribution in [3.63, 3.8) is 0 Å². The molecule has 7 nitrogen and oxygen atoms in total. The van der Waals surface area contributed by atoms with E-state index in [-0.39, 0.29) is 22.0 Å². The van der Waals surface area contributed by atoms with E-state index in [9.17, 15) is 13.2 Å². The Morgan fingerprint density at radius 2 is 2.13 bits per heavy atom. The summed E-state index contributed by atoms with van der Waals surface area (Å²) in [5, 5.41) is 8.95. The van der Waals surface area contributed by atoms with Crippen LogP contribution in [0.1, 0.15) is 15.9 Å². The van der Waals surface area contributed by atoms with E-state index < -0.39 is 16.0 Å². The Morgan fingerprint density at radius 1 is 1.39 bits per heavy atom. The number of benzene rings is 1. The Morgan fingerprint density at radius 3 is 2.74 bits per heavy atom. The van der Waals surface area contributed by atoms with E-state index in [4.69, 9.17) is 16.3 Å². The summed E-state index contributed by atoms with van der Waals surface area (Å²) in [5.74, 6) is 1.15. The molecule has 0 atom stereocenters. The number of carbonyl (C=O) groups is 1. The first-order chi connectivity index (χ1) is 10.9. The van der Waals surface area contributed by atoms with Crippen LogP contribution in [0.25, 0.3) is 0 Å². The number of nitrogens with zero attached hydrogens (tertiary/aromatic N) is 1. The summed E-state index contributed by atoms with van der Waals surface area (Å²) in [6.07, 6.45) is 6.63. The van der Waals surface area contributed by atoms with Crippen LogP contribution in [0.4, 0.5) is 5.69 Å². The molecule has 8 heteroatoms. The molecule has 0 amide bonds. The first-order valence-corrected chi connectivity index (χ1v) is 7.72. The number of pyridine rings is 1. The van der Waals surface area contributed by atoms with E-state index in [1.165, 1.54) is 37.6 Å². The second kappa shape index (κ2) is 6.37. The predicted molar refractivity (Wildman–Crippen MR) is 82.9 cm³/mol. The summed E-state index contributed by atoms with van der Waals surface area (Å²) in [5.41, 5.74) is 0.279. The molecule has 2 N–H and O–H groups in total. The summed E-state index contributed by atoms with van der Waals surface area (Å²) in [6.45, 7) is 0. The highest BCUT2D eigenvalue weighted by atomic mass is 32.2. The molecular formula is C15H12N2O5S. The van der Waals surface area contributed by atoms with Crippen LogP contribution >= 0.6 is 0 Å². The predicted octanol–water partition coefficient (Wildman–Crippen LogP) is 1.57. The molecule has 0 aliphatic rings. The number of rotatable bonds is 5. The van der Waals surface area contributed by atoms with Crippen LogP contribution in [-0.4, -0.2) is 31.6 Å². The van der Waals surface area contributed by atoms with Gasteiger partial charge in [0.15, 0.2) is 0 Å². The van der Waals surface area contributed by atoms with Crippen molar-refractivity contribution in [3.8, 4) is 18.2 Å². The average molecular weight is 332 g/mol. The number of carboxylic acids is 1. The van der Waals surface area contributed by atoms with Crippen LogP contribution in [0, 0.1) is 12.3 Å². The van der Waals surface area contributed by atoms with Crippen molar-refractivity contribution in [2.24, 2.45) is 0 Å². The van der Waals surface area contributed by atoms with Crippen molar-refractivity contribution in [3.05, 3.63) is 47.7 Å². The van der Waals surface area contributed by atoms with E-state index in [1.807, 2.05) is 0 Å². The van der Waals surface area contributed by atoms with Gasteiger partial charge in [-0.05, 0) is 24.3 Å². The lowest BCUT2D eigenvalue weighted by Gasteiger charge is -2.11. The van der Waals surface area contributed by atoms with E-state index in [0.29, 0.717) is 5.56 Å². The zero-order chi connectivity index (χ0) is 17.0. The van der Waals surface area contributed by atoms with Gasteiger partial charge in [-0.25, -0.2) is 18.2 Å². The molecular weight excluding hydrogens is 320 g/mol. The molecule has 0 spiro atoms. The van der Waals surface area contributed by atoms with Crippen LogP contribution in [-0.2, 0) is 10.0 Å². The number of aromatic carboxylic acids is 1. The van der Waals surface area contributed by atoms with Gasteiger partial charge in [-0.1, -0.05) is 12.0 Å². The van der Waals surface area contributed by atoms with E-state index in [1.54, 1.807) is 0 Å². The standard InChI is InChI=1S/C15H12N2O5S/c1-3-10-7-13(14(22-2)16-9-10)17-23(20,21)12-6-4-5-11(8-12)15(18)19/h1,4-9,17H,2H3,(H,18,19). The smallest absolute Gasteiger partial charge is 0.335 e. The monoisotopic (exact) mass is 332 g/mol. The van der Waals surface area contributed by atoms with Gasteiger partial charge in [-0.3, -0.25) is 4.72 Å². The zero-order valence-electron chi connectivity index (χ0n) is 12.0. The van der Waals surface area contributed by atoms with Crippen LogP contribution in [0.15, 0.2) is 41.4 Å².